The molecule has 1 aromatic heterocycles. The van der Waals surface area contributed by atoms with Crippen LogP contribution < -0.4 is 5.32 Å². The Morgan fingerprint density at radius 1 is 1.40 bits per heavy atom. The Labute approximate surface area is 139 Å². The molecule has 1 aromatic rings. The summed E-state index contributed by atoms with van der Waals surface area (Å²) in [7, 11) is 2.11. The average Bonchev–Trinajstić information content (AvgIpc) is 2.87. The summed E-state index contributed by atoms with van der Waals surface area (Å²) in [6, 6.07) is 2.84. The number of thiophene rings is 1. The minimum Gasteiger partial charge on any atom is -0.375 e. The highest BCUT2D eigenvalue weighted by Gasteiger charge is 2.40. The van der Waals surface area contributed by atoms with Gasteiger partial charge in [0.05, 0.1) is 8.48 Å². The first-order chi connectivity index (χ1) is 9.72. The molecule has 1 saturated carbocycles. The van der Waals surface area contributed by atoms with E-state index in [-0.39, 0.29) is 5.60 Å². The van der Waals surface area contributed by atoms with Gasteiger partial charge in [0, 0.05) is 12.6 Å². The third-order valence-corrected chi connectivity index (χ3v) is 6.83. The highest BCUT2D eigenvalue weighted by molar-refractivity contribution is 14.1. The van der Waals surface area contributed by atoms with Gasteiger partial charge in [-0.25, -0.2) is 0 Å². The molecule has 2 heterocycles. The van der Waals surface area contributed by atoms with Crippen LogP contribution in [0.3, 0.4) is 0 Å². The normalized spacial score (nSPS) is 27.6. The topological polar surface area (TPSA) is 21.3 Å². The van der Waals surface area contributed by atoms with Crippen molar-refractivity contribution in [3.05, 3.63) is 19.9 Å². The quantitative estimate of drug-likeness (QED) is 0.734. The Hall–Kier alpha value is 0.350. The summed E-state index contributed by atoms with van der Waals surface area (Å²) in [4.78, 5) is 0. The molecule has 0 bridgehead atoms. The average molecular weight is 405 g/mol. The SMILES string of the molecule is CNC(c1csc(I)c1)C1CCOC2(CCCCC2)C1. The van der Waals surface area contributed by atoms with E-state index >= 15 is 0 Å². The molecule has 112 valence electrons. The highest BCUT2D eigenvalue weighted by atomic mass is 127. The van der Waals surface area contributed by atoms with E-state index < -0.39 is 0 Å². The van der Waals surface area contributed by atoms with Gasteiger partial charge >= 0.3 is 0 Å². The molecule has 2 unspecified atom stereocenters. The van der Waals surface area contributed by atoms with Gasteiger partial charge in [0.25, 0.3) is 0 Å². The van der Waals surface area contributed by atoms with Gasteiger partial charge in [-0.3, -0.25) is 0 Å². The second-order valence-electron chi connectivity index (χ2n) is 6.30. The van der Waals surface area contributed by atoms with Gasteiger partial charge < -0.3 is 10.1 Å². The lowest BCUT2D eigenvalue weighted by Gasteiger charge is -2.45. The molecule has 1 aliphatic heterocycles. The molecule has 1 saturated heterocycles. The fourth-order valence-corrected chi connectivity index (χ4v) is 5.46. The molecule has 1 N–H and O–H groups in total. The van der Waals surface area contributed by atoms with Crippen LogP contribution in [0.25, 0.3) is 0 Å². The van der Waals surface area contributed by atoms with Crippen molar-refractivity contribution in [1.82, 2.24) is 5.32 Å². The van der Waals surface area contributed by atoms with Crippen LogP contribution in [-0.2, 0) is 4.74 Å². The van der Waals surface area contributed by atoms with Crippen molar-refractivity contribution in [2.45, 2.75) is 56.6 Å². The van der Waals surface area contributed by atoms with Gasteiger partial charge in [0.1, 0.15) is 0 Å². The van der Waals surface area contributed by atoms with E-state index in [0.717, 1.165) is 12.5 Å². The van der Waals surface area contributed by atoms with Gasteiger partial charge in [-0.05, 0) is 78.2 Å². The molecule has 3 rings (SSSR count). The van der Waals surface area contributed by atoms with Gasteiger partial charge in [-0.2, -0.15) is 0 Å². The van der Waals surface area contributed by atoms with Crippen LogP contribution in [-0.4, -0.2) is 19.3 Å². The lowest BCUT2D eigenvalue weighted by molar-refractivity contribution is -0.121. The maximum absolute atomic E-state index is 6.25. The molecule has 2 atom stereocenters. The molecule has 2 fully saturated rings. The zero-order valence-electron chi connectivity index (χ0n) is 12.2. The first kappa shape index (κ1) is 15.3. The van der Waals surface area contributed by atoms with Crippen molar-refractivity contribution >= 4 is 33.9 Å². The second kappa shape index (κ2) is 6.63. The molecule has 2 aliphatic rings. The van der Waals surface area contributed by atoms with E-state index in [0.29, 0.717) is 6.04 Å². The molecule has 1 aliphatic carbocycles. The van der Waals surface area contributed by atoms with Crippen molar-refractivity contribution in [2.75, 3.05) is 13.7 Å². The van der Waals surface area contributed by atoms with Crippen LogP contribution in [0.15, 0.2) is 11.4 Å². The number of nitrogens with one attached hydrogen (secondary N) is 1. The summed E-state index contributed by atoms with van der Waals surface area (Å²) in [6.45, 7) is 0.948. The first-order valence-electron chi connectivity index (χ1n) is 7.78. The third kappa shape index (κ3) is 3.23. The van der Waals surface area contributed by atoms with Crippen LogP contribution >= 0.6 is 33.9 Å². The lowest BCUT2D eigenvalue weighted by Crippen LogP contribution is -2.44. The van der Waals surface area contributed by atoms with Crippen LogP contribution in [0, 0.1) is 8.80 Å². The summed E-state index contributed by atoms with van der Waals surface area (Å²) in [6.07, 6.45) is 9.10. The van der Waals surface area contributed by atoms with Crippen LogP contribution in [0.5, 0.6) is 0 Å². The van der Waals surface area contributed by atoms with Crippen LogP contribution in [0.1, 0.15) is 56.6 Å². The summed E-state index contributed by atoms with van der Waals surface area (Å²) in [5.41, 5.74) is 1.68. The summed E-state index contributed by atoms with van der Waals surface area (Å²) in [5, 5.41) is 5.90. The maximum Gasteiger partial charge on any atom is 0.0686 e. The zero-order chi connectivity index (χ0) is 14.0. The monoisotopic (exact) mass is 405 g/mol. The van der Waals surface area contributed by atoms with Crippen LogP contribution in [0.4, 0.5) is 0 Å². The first-order valence-corrected chi connectivity index (χ1v) is 9.73. The molecule has 20 heavy (non-hydrogen) atoms. The Kier molecular flexibility index (Phi) is 5.06. The van der Waals surface area contributed by atoms with Gasteiger partial charge in [0.2, 0.25) is 0 Å². The Morgan fingerprint density at radius 2 is 2.20 bits per heavy atom. The number of halogens is 1. The molecule has 0 amide bonds. The minimum atomic E-state index is 0.208. The lowest BCUT2D eigenvalue weighted by atomic mass is 9.73. The predicted molar refractivity (Wildman–Crippen MR) is 93.3 cm³/mol. The van der Waals surface area contributed by atoms with Gasteiger partial charge in [-0.1, -0.05) is 19.3 Å². The summed E-state index contributed by atoms with van der Waals surface area (Å²) < 4.78 is 7.63. The number of hydrogen-bond donors (Lipinski definition) is 1. The summed E-state index contributed by atoms with van der Waals surface area (Å²) in [5.74, 6) is 0.720. The Bertz CT molecular complexity index is 436. The van der Waals surface area contributed by atoms with Gasteiger partial charge in [0.15, 0.2) is 0 Å². The molecule has 1 spiro atoms. The van der Waals surface area contributed by atoms with Crippen molar-refractivity contribution in [2.24, 2.45) is 5.92 Å². The van der Waals surface area contributed by atoms with Crippen molar-refractivity contribution in [3.63, 3.8) is 0 Å². The van der Waals surface area contributed by atoms with Gasteiger partial charge in [-0.15, -0.1) is 11.3 Å². The van der Waals surface area contributed by atoms with Crippen molar-refractivity contribution in [1.29, 1.82) is 0 Å². The summed E-state index contributed by atoms with van der Waals surface area (Å²) >= 11 is 4.28. The number of hydrogen-bond acceptors (Lipinski definition) is 3. The smallest absolute Gasteiger partial charge is 0.0686 e. The van der Waals surface area contributed by atoms with E-state index in [1.807, 2.05) is 11.3 Å². The molecular weight excluding hydrogens is 381 g/mol. The van der Waals surface area contributed by atoms with E-state index in [2.05, 4.69) is 46.4 Å². The minimum absolute atomic E-state index is 0.208. The van der Waals surface area contributed by atoms with Crippen LogP contribution in [0.2, 0.25) is 0 Å². The fourth-order valence-electron chi connectivity index (χ4n) is 4.06. The maximum atomic E-state index is 6.25. The number of rotatable bonds is 3. The Balaban J connectivity index is 1.74. The molecule has 2 nitrogen and oxygen atoms in total. The van der Waals surface area contributed by atoms with Crippen molar-refractivity contribution in [3.8, 4) is 0 Å². The molecular formula is C16H24INOS. The second-order valence-corrected chi connectivity index (χ2v) is 9.10. The number of ether oxygens (including phenoxy) is 1. The van der Waals surface area contributed by atoms with Crippen molar-refractivity contribution < 1.29 is 4.74 Å². The molecule has 4 heteroatoms. The standard InChI is InChI=1S/C16H24INOS/c1-18-15(13-9-14(17)20-11-13)12-5-8-19-16(10-12)6-3-2-4-7-16/h9,11-12,15,18H,2-8,10H2,1H3. The third-order valence-electron chi connectivity index (χ3n) is 5.03. The highest BCUT2D eigenvalue weighted by Crippen LogP contribution is 2.44. The largest absolute Gasteiger partial charge is 0.375 e. The molecule has 0 aromatic carbocycles. The van der Waals surface area contributed by atoms with E-state index in [1.54, 1.807) is 0 Å². The van der Waals surface area contributed by atoms with E-state index in [4.69, 9.17) is 4.74 Å². The predicted octanol–water partition coefficient (Wildman–Crippen LogP) is 4.74. The fraction of sp³-hybridized carbons (Fsp3) is 0.750. The molecule has 0 radical (unpaired) electrons. The van der Waals surface area contributed by atoms with E-state index in [1.165, 1.54) is 53.4 Å². The van der Waals surface area contributed by atoms with E-state index in [9.17, 15) is 0 Å². The zero-order valence-corrected chi connectivity index (χ0v) is 15.1. The Morgan fingerprint density at radius 3 is 2.85 bits per heavy atom.